The van der Waals surface area contributed by atoms with E-state index in [4.69, 9.17) is 21.1 Å². The summed E-state index contributed by atoms with van der Waals surface area (Å²) in [4.78, 5) is 17.0. The van der Waals surface area contributed by atoms with E-state index in [1.165, 1.54) is 28.4 Å². The van der Waals surface area contributed by atoms with Gasteiger partial charge in [-0.25, -0.2) is 8.42 Å². The van der Waals surface area contributed by atoms with E-state index in [1.54, 1.807) is 34.4 Å². The quantitative estimate of drug-likeness (QED) is 0.275. The zero-order valence-corrected chi connectivity index (χ0v) is 25.1. The summed E-state index contributed by atoms with van der Waals surface area (Å²) in [7, 11) is -2.38. The number of fused-ring (bicyclic) bond motifs is 1. The number of amides is 1. The first-order valence-electron chi connectivity index (χ1n) is 13.0. The number of benzene rings is 2. The van der Waals surface area contributed by atoms with E-state index in [0.29, 0.717) is 23.1 Å². The van der Waals surface area contributed by atoms with Gasteiger partial charge in [-0.2, -0.15) is 4.31 Å². The molecule has 0 N–H and O–H groups in total. The van der Waals surface area contributed by atoms with Gasteiger partial charge in [0.25, 0.3) is 0 Å². The number of carbonyl (C=O) groups is 1. The smallest absolute Gasteiger partial charge is 0.243 e. The monoisotopic (exact) mass is 590 g/mol. The van der Waals surface area contributed by atoms with E-state index in [2.05, 4.69) is 0 Å². The molecular formula is C29H35ClN2O5S2. The minimum Gasteiger partial charge on any atom is -0.497 e. The molecule has 10 heteroatoms. The van der Waals surface area contributed by atoms with Gasteiger partial charge >= 0.3 is 0 Å². The fourth-order valence-corrected chi connectivity index (χ4v) is 7.17. The Morgan fingerprint density at radius 2 is 1.90 bits per heavy atom. The van der Waals surface area contributed by atoms with Crippen LogP contribution in [0.3, 0.4) is 0 Å². The molecule has 2 aromatic carbocycles. The lowest BCUT2D eigenvalue weighted by Gasteiger charge is -2.37. The zero-order valence-electron chi connectivity index (χ0n) is 22.7. The Morgan fingerprint density at radius 3 is 2.56 bits per heavy atom. The van der Waals surface area contributed by atoms with Gasteiger partial charge in [0.1, 0.15) is 18.1 Å². The van der Waals surface area contributed by atoms with Crippen LogP contribution in [0.2, 0.25) is 5.02 Å². The summed E-state index contributed by atoms with van der Waals surface area (Å²) in [6.07, 6.45) is 1.52. The van der Waals surface area contributed by atoms with Crippen molar-refractivity contribution >= 4 is 38.9 Å². The van der Waals surface area contributed by atoms with Gasteiger partial charge in [-0.3, -0.25) is 4.79 Å². The number of ether oxygens (including phenoxy) is 2. The van der Waals surface area contributed by atoms with Crippen molar-refractivity contribution in [3.05, 3.63) is 74.9 Å². The molecule has 2 unspecified atom stereocenters. The molecule has 0 bridgehead atoms. The Kier molecular flexibility index (Phi) is 9.59. The van der Waals surface area contributed by atoms with Gasteiger partial charge in [0.05, 0.1) is 24.6 Å². The van der Waals surface area contributed by atoms with Crippen molar-refractivity contribution in [2.75, 3.05) is 33.4 Å². The Balaban J connectivity index is 1.58. The summed E-state index contributed by atoms with van der Waals surface area (Å²) in [5.74, 6) is 1.08. The minimum atomic E-state index is -3.91. The molecule has 3 aromatic rings. The predicted octanol–water partition coefficient (Wildman–Crippen LogP) is 5.96. The SMILES string of the molecule is CCC(C)CN(CC(=O)N1CCc2sccc2C1COc1ccc(Cl)c(C)c1)S(=O)(=O)c1ccc(OC)cc1. The maximum absolute atomic E-state index is 13.8. The molecular weight excluding hydrogens is 556 g/mol. The molecule has 4 rings (SSSR count). The number of aryl methyl sites for hydroxylation is 1. The fourth-order valence-electron chi connectivity index (χ4n) is 4.62. The number of carbonyl (C=O) groups excluding carboxylic acids is 1. The lowest BCUT2D eigenvalue weighted by Crippen LogP contribution is -2.48. The average molecular weight is 591 g/mol. The first-order chi connectivity index (χ1) is 18.6. The molecule has 39 heavy (non-hydrogen) atoms. The van der Waals surface area contributed by atoms with Crippen LogP contribution in [0.5, 0.6) is 11.5 Å². The first kappa shape index (κ1) is 29.4. The number of halogens is 1. The van der Waals surface area contributed by atoms with Crippen LogP contribution in [0, 0.1) is 12.8 Å². The van der Waals surface area contributed by atoms with Crippen LogP contribution >= 0.6 is 22.9 Å². The standard InChI is InChI=1S/C29H35ClN2O5S2/c1-5-20(2)17-31(39(34,35)24-9-6-22(36-4)7-10-24)18-29(33)32-14-12-28-25(13-15-38-28)27(32)19-37-23-8-11-26(30)21(3)16-23/h6-11,13,15-16,20,27H,5,12,14,17-19H2,1-4H3. The van der Waals surface area contributed by atoms with Crippen LogP contribution in [0.15, 0.2) is 58.8 Å². The summed E-state index contributed by atoms with van der Waals surface area (Å²) in [5, 5.41) is 2.69. The van der Waals surface area contributed by atoms with Crippen LogP contribution in [0.25, 0.3) is 0 Å². The maximum atomic E-state index is 13.8. The van der Waals surface area contributed by atoms with Gasteiger partial charge in [-0.1, -0.05) is 31.9 Å². The zero-order chi connectivity index (χ0) is 28.2. The number of hydrogen-bond donors (Lipinski definition) is 0. The van der Waals surface area contributed by atoms with Crippen LogP contribution in [-0.4, -0.2) is 56.9 Å². The lowest BCUT2D eigenvalue weighted by molar-refractivity contribution is -0.135. The van der Waals surface area contributed by atoms with Crippen molar-refractivity contribution in [1.29, 1.82) is 0 Å². The van der Waals surface area contributed by atoms with E-state index >= 15 is 0 Å². The highest BCUT2D eigenvalue weighted by Gasteiger charge is 2.35. The van der Waals surface area contributed by atoms with Gasteiger partial charge < -0.3 is 14.4 Å². The highest BCUT2D eigenvalue weighted by molar-refractivity contribution is 7.89. The van der Waals surface area contributed by atoms with Gasteiger partial charge in [0.2, 0.25) is 15.9 Å². The average Bonchev–Trinajstić information content (AvgIpc) is 3.42. The molecule has 0 radical (unpaired) electrons. The van der Waals surface area contributed by atoms with Gasteiger partial charge in [-0.15, -0.1) is 11.3 Å². The molecule has 0 spiro atoms. The molecule has 0 saturated heterocycles. The van der Waals surface area contributed by atoms with Crippen LogP contribution in [0.4, 0.5) is 0 Å². The van der Waals surface area contributed by atoms with Gasteiger partial charge in [0, 0.05) is 23.0 Å². The van der Waals surface area contributed by atoms with Crippen LogP contribution in [-0.2, 0) is 21.2 Å². The lowest BCUT2D eigenvalue weighted by atomic mass is 10.0. The summed E-state index contributed by atoms with van der Waals surface area (Å²) >= 11 is 7.84. The molecule has 1 aromatic heterocycles. The van der Waals surface area contributed by atoms with Crippen molar-refractivity contribution in [2.24, 2.45) is 5.92 Å². The fraction of sp³-hybridized carbons (Fsp3) is 0.414. The third-order valence-electron chi connectivity index (χ3n) is 7.17. The number of methoxy groups -OCH3 is 1. The van der Waals surface area contributed by atoms with Crippen LogP contribution in [0.1, 0.15) is 42.3 Å². The summed E-state index contributed by atoms with van der Waals surface area (Å²) in [6.45, 7) is 6.68. The molecule has 0 saturated carbocycles. The van der Waals surface area contributed by atoms with E-state index in [0.717, 1.165) is 24.0 Å². The minimum absolute atomic E-state index is 0.0860. The maximum Gasteiger partial charge on any atom is 0.243 e. The van der Waals surface area contributed by atoms with Crippen molar-refractivity contribution in [3.8, 4) is 11.5 Å². The third kappa shape index (κ3) is 6.77. The highest BCUT2D eigenvalue weighted by atomic mass is 35.5. The summed E-state index contributed by atoms with van der Waals surface area (Å²) in [6, 6.07) is 13.5. The summed E-state index contributed by atoms with van der Waals surface area (Å²) in [5.41, 5.74) is 1.96. The molecule has 1 aliphatic rings. The van der Waals surface area contributed by atoms with E-state index < -0.39 is 10.0 Å². The van der Waals surface area contributed by atoms with E-state index in [-0.39, 0.29) is 42.5 Å². The van der Waals surface area contributed by atoms with E-state index in [1.807, 2.05) is 44.4 Å². The number of hydrogen-bond acceptors (Lipinski definition) is 6. The number of nitrogens with zero attached hydrogens (tertiary/aromatic N) is 2. The highest BCUT2D eigenvalue weighted by Crippen LogP contribution is 2.35. The second-order valence-corrected chi connectivity index (χ2v) is 13.2. The molecule has 0 fully saturated rings. The molecule has 2 heterocycles. The van der Waals surface area contributed by atoms with Gasteiger partial charge in [-0.05, 0) is 84.3 Å². The molecule has 210 valence electrons. The third-order valence-corrected chi connectivity index (χ3v) is 10.4. The Labute approximate surface area is 240 Å². The molecule has 1 amide bonds. The molecule has 2 atom stereocenters. The largest absolute Gasteiger partial charge is 0.497 e. The second-order valence-electron chi connectivity index (χ2n) is 9.86. The Bertz CT molecular complexity index is 1390. The molecule has 0 aliphatic carbocycles. The number of rotatable bonds is 11. The van der Waals surface area contributed by atoms with Crippen molar-refractivity contribution in [1.82, 2.24) is 9.21 Å². The van der Waals surface area contributed by atoms with E-state index in [9.17, 15) is 13.2 Å². The van der Waals surface area contributed by atoms with Crippen molar-refractivity contribution < 1.29 is 22.7 Å². The molecule has 7 nitrogen and oxygen atoms in total. The number of thiophene rings is 1. The van der Waals surface area contributed by atoms with Crippen molar-refractivity contribution in [3.63, 3.8) is 0 Å². The predicted molar refractivity (Wildman–Crippen MR) is 155 cm³/mol. The topological polar surface area (TPSA) is 76.2 Å². The van der Waals surface area contributed by atoms with Crippen LogP contribution < -0.4 is 9.47 Å². The summed E-state index contributed by atoms with van der Waals surface area (Å²) < 4.78 is 40.0. The second kappa shape index (κ2) is 12.7. The van der Waals surface area contributed by atoms with Crippen molar-refractivity contribution in [2.45, 2.75) is 44.6 Å². The number of sulfonamides is 1. The Hall–Kier alpha value is -2.59. The normalized spacial score (nSPS) is 16.2. The van der Waals surface area contributed by atoms with Gasteiger partial charge in [0.15, 0.2) is 0 Å². The Morgan fingerprint density at radius 1 is 1.18 bits per heavy atom. The molecule has 1 aliphatic heterocycles. The first-order valence-corrected chi connectivity index (χ1v) is 15.7.